The Morgan fingerprint density at radius 2 is 0.957 bits per heavy atom. The molecule has 0 aliphatic heterocycles. The summed E-state index contributed by atoms with van der Waals surface area (Å²) in [6.45, 7) is 15.4. The van der Waals surface area contributed by atoms with Gasteiger partial charge in [-0.3, -0.25) is 9.59 Å². The molecule has 4 aromatic heterocycles. The molecule has 0 amide bonds. The highest BCUT2D eigenvalue weighted by Gasteiger charge is 2.38. The molecule has 6 aromatic rings. The third kappa shape index (κ3) is 3.80. The maximum absolute atomic E-state index is 13.8. The number of hydrogen-bond acceptors (Lipinski definition) is 8. The van der Waals surface area contributed by atoms with E-state index in [1.165, 1.54) is 45.3 Å². The maximum atomic E-state index is 13.8. The predicted octanol–water partition coefficient (Wildman–Crippen LogP) is 7.93. The lowest BCUT2D eigenvalue weighted by Crippen LogP contribution is -2.06. The van der Waals surface area contributed by atoms with Crippen molar-refractivity contribution in [3.05, 3.63) is 146 Å². The molecule has 0 unspecified atom stereocenters. The third-order valence-electron chi connectivity index (χ3n) is 7.91. The fourth-order valence-corrected chi connectivity index (χ4v) is 10.5. The third-order valence-corrected chi connectivity index (χ3v) is 12.7. The summed E-state index contributed by atoms with van der Waals surface area (Å²) in [6, 6.07) is 26.7. The molecule has 0 atom stereocenters. The highest BCUT2D eigenvalue weighted by molar-refractivity contribution is 7.23. The lowest BCUT2D eigenvalue weighted by Gasteiger charge is -2.02. The zero-order valence-electron chi connectivity index (χ0n) is 23.2. The normalized spacial score (nSPS) is 19.0. The van der Waals surface area contributed by atoms with Crippen molar-refractivity contribution in [2.24, 2.45) is 0 Å². The van der Waals surface area contributed by atoms with Gasteiger partial charge in [-0.15, -0.1) is 45.3 Å². The van der Waals surface area contributed by atoms with Gasteiger partial charge in [0.2, 0.25) is 11.6 Å². The van der Waals surface area contributed by atoms with Gasteiger partial charge >= 0.3 is 0 Å². The lowest BCUT2D eigenvalue weighted by atomic mass is 10.0. The zero-order chi connectivity index (χ0) is 31.7. The van der Waals surface area contributed by atoms with Crippen molar-refractivity contribution in [1.29, 1.82) is 10.5 Å². The van der Waals surface area contributed by atoms with E-state index in [1.807, 2.05) is 84.9 Å². The summed E-state index contributed by atoms with van der Waals surface area (Å²) < 4.78 is 4.82. The van der Waals surface area contributed by atoms with Crippen molar-refractivity contribution >= 4 is 99.4 Å². The van der Waals surface area contributed by atoms with Crippen LogP contribution < -0.4 is 9.06 Å². The molecule has 2 aromatic carbocycles. The number of ketones is 2. The van der Waals surface area contributed by atoms with Gasteiger partial charge in [0.25, 0.3) is 11.4 Å². The minimum absolute atomic E-state index is 0.123. The fraction of sp³-hybridized carbons (Fsp3) is 0. The monoisotopic (exact) mass is 660 g/mol. The van der Waals surface area contributed by atoms with E-state index in [0.29, 0.717) is 52.2 Å². The first-order valence-electron chi connectivity index (χ1n) is 13.6. The molecule has 0 fully saturated rings. The lowest BCUT2D eigenvalue weighted by molar-refractivity contribution is 0.105. The molecule has 8 rings (SSSR count). The van der Waals surface area contributed by atoms with Gasteiger partial charge in [0, 0.05) is 60.9 Å². The van der Waals surface area contributed by atoms with Crippen LogP contribution >= 0.6 is 45.3 Å². The van der Waals surface area contributed by atoms with E-state index in [0.717, 1.165) is 29.2 Å². The van der Waals surface area contributed by atoms with Crippen molar-refractivity contribution in [2.75, 3.05) is 0 Å². The standard InChI is InChI=1S/C36H12N4O2S4/c1-39-19(15-37)29-27-17-7-3-5-9-21(17)45-35(27)33(41)31(29)25-13-11-23(43-25)24-12-14-26(44-24)32-30(20(16-38)40-2)28-18-8-4-6-10-22(18)46-36(28)34(32)42/h3-14H/b24-23+,29-19-,30-20+,31-25+,32-26+. The summed E-state index contributed by atoms with van der Waals surface area (Å²) in [7, 11) is 0. The van der Waals surface area contributed by atoms with Crippen LogP contribution in [-0.4, -0.2) is 11.6 Å². The van der Waals surface area contributed by atoms with Crippen molar-refractivity contribution in [2.45, 2.75) is 0 Å². The second-order valence-corrected chi connectivity index (χ2v) is 14.5. The predicted molar refractivity (Wildman–Crippen MR) is 183 cm³/mol. The molecule has 0 saturated heterocycles. The van der Waals surface area contributed by atoms with E-state index in [-0.39, 0.29) is 23.0 Å². The summed E-state index contributed by atoms with van der Waals surface area (Å²) in [5.41, 5.74) is 2.49. The van der Waals surface area contributed by atoms with Crippen LogP contribution in [0.15, 0.2) is 84.2 Å². The van der Waals surface area contributed by atoms with Gasteiger partial charge in [0.15, 0.2) is 0 Å². The topological polar surface area (TPSA) is 90.4 Å². The molecule has 0 bridgehead atoms. The summed E-state index contributed by atoms with van der Waals surface area (Å²) in [5, 5.41) is 21.4. The van der Waals surface area contributed by atoms with Crippen molar-refractivity contribution < 1.29 is 9.59 Å². The number of benzene rings is 2. The molecule has 2 aliphatic carbocycles. The molecule has 6 nitrogen and oxygen atoms in total. The summed E-state index contributed by atoms with van der Waals surface area (Å²) in [4.78, 5) is 35.7. The van der Waals surface area contributed by atoms with Gasteiger partial charge in [-0.05, 0) is 47.2 Å². The Balaban J connectivity index is 1.38. The van der Waals surface area contributed by atoms with E-state index in [4.69, 9.17) is 13.1 Å². The number of hydrogen-bond donors (Lipinski definition) is 0. The average Bonchev–Trinajstić information content (AvgIpc) is 3.92. The molecular weight excluding hydrogens is 649 g/mol. The Labute approximate surface area is 276 Å². The number of nitriles is 2. The molecular formula is C36H12N4O2S4. The molecule has 0 spiro atoms. The van der Waals surface area contributed by atoms with Crippen molar-refractivity contribution in [1.82, 2.24) is 0 Å². The van der Waals surface area contributed by atoms with Crippen LogP contribution in [0.3, 0.4) is 0 Å². The van der Waals surface area contributed by atoms with E-state index < -0.39 is 0 Å². The van der Waals surface area contributed by atoms with Crippen LogP contribution in [0.4, 0.5) is 0 Å². The summed E-state index contributed by atoms with van der Waals surface area (Å²) in [6.07, 6.45) is 0. The van der Waals surface area contributed by atoms with Gasteiger partial charge in [-0.2, -0.15) is 0 Å². The first kappa shape index (κ1) is 27.8. The van der Waals surface area contributed by atoms with E-state index >= 15 is 0 Å². The minimum atomic E-state index is -0.202. The maximum Gasteiger partial charge on any atom is 0.270 e. The highest BCUT2D eigenvalue weighted by Crippen LogP contribution is 2.49. The number of nitrogens with zero attached hydrogens (tertiary/aromatic N) is 4. The van der Waals surface area contributed by atoms with E-state index in [9.17, 15) is 20.1 Å². The van der Waals surface area contributed by atoms with Crippen LogP contribution in [-0.2, 0) is 0 Å². The zero-order valence-corrected chi connectivity index (χ0v) is 26.4. The number of carbonyl (C=O) groups is 2. The number of rotatable bonds is 0. The molecule has 46 heavy (non-hydrogen) atoms. The Morgan fingerprint density at radius 3 is 1.35 bits per heavy atom. The molecule has 0 radical (unpaired) electrons. The largest absolute Gasteiger partial charge is 0.288 e. The van der Waals surface area contributed by atoms with Gasteiger partial charge < -0.3 is 0 Å². The second-order valence-electron chi connectivity index (χ2n) is 10.2. The van der Waals surface area contributed by atoms with Gasteiger partial charge in [-0.25, -0.2) is 20.2 Å². The van der Waals surface area contributed by atoms with E-state index in [1.54, 1.807) is 0 Å². The SMILES string of the molecule is [C-]#[N+]/C(C#N)=C1\C(=c2\cc/c(=c3/cc/c(=C4\C(=O)c5sc6ccccc6c5\C4=C(\C#N)[N+]#[C-])s3)s2)C(=O)c2sc3ccccc3c21. The molecule has 10 heteroatoms. The Hall–Kier alpha value is -5.72. The van der Waals surface area contributed by atoms with E-state index in [2.05, 4.69) is 9.69 Å². The summed E-state index contributed by atoms with van der Waals surface area (Å²) in [5.74, 6) is -0.405. The van der Waals surface area contributed by atoms with Crippen LogP contribution in [0.25, 0.3) is 52.2 Å². The molecule has 0 N–H and O–H groups in total. The van der Waals surface area contributed by atoms with Gasteiger partial charge in [0.1, 0.15) is 0 Å². The van der Waals surface area contributed by atoms with Crippen molar-refractivity contribution in [3.8, 4) is 12.1 Å². The van der Waals surface area contributed by atoms with Crippen LogP contribution in [0.1, 0.15) is 30.5 Å². The molecule has 2 aliphatic rings. The van der Waals surface area contributed by atoms with Crippen molar-refractivity contribution in [3.63, 3.8) is 0 Å². The first-order chi connectivity index (χ1) is 22.5. The second kappa shape index (κ2) is 10.4. The molecule has 4 heterocycles. The number of allylic oxidation sites excluding steroid dienone is 4. The first-order valence-corrected chi connectivity index (χ1v) is 16.9. The minimum Gasteiger partial charge on any atom is -0.288 e. The Bertz CT molecular complexity index is 2670. The Kier molecular flexibility index (Phi) is 6.31. The van der Waals surface area contributed by atoms with Crippen LogP contribution in [0, 0.1) is 44.9 Å². The number of carbonyl (C=O) groups excluding carboxylic acids is 2. The number of fused-ring (bicyclic) bond motifs is 6. The molecule has 212 valence electrons. The molecule has 0 saturated carbocycles. The smallest absolute Gasteiger partial charge is 0.270 e. The van der Waals surface area contributed by atoms with Crippen LogP contribution in [0.5, 0.6) is 0 Å². The van der Waals surface area contributed by atoms with Gasteiger partial charge in [0.05, 0.1) is 35.0 Å². The fourth-order valence-electron chi connectivity index (χ4n) is 6.04. The Morgan fingerprint density at radius 1 is 0.565 bits per heavy atom. The quantitative estimate of drug-likeness (QED) is 0.122. The highest BCUT2D eigenvalue weighted by atomic mass is 32.1. The summed E-state index contributed by atoms with van der Waals surface area (Å²) >= 11 is 5.49. The number of thiophene rings is 4. The number of Topliss-reactive ketones (excluding diaryl/α,β-unsaturated/α-hetero) is 2. The average molecular weight is 661 g/mol. The van der Waals surface area contributed by atoms with Crippen LogP contribution in [0.2, 0.25) is 0 Å². The van der Waals surface area contributed by atoms with Gasteiger partial charge in [-0.1, -0.05) is 36.4 Å².